The first-order valence-electron chi connectivity index (χ1n) is 3.71. The lowest BCUT2D eigenvalue weighted by atomic mass is 10.1. The summed E-state index contributed by atoms with van der Waals surface area (Å²) in [5, 5.41) is 3.28. The standard InChI is InChI=1S/C6H9ClN4O/c1-2-3-11-5(7)4(6(11)12)9-10-8/h4-5H,2-3H2,1H3. The number of carbonyl (C=O) groups is 1. The summed E-state index contributed by atoms with van der Waals surface area (Å²) in [6, 6.07) is -0.691. The van der Waals surface area contributed by atoms with Crippen LogP contribution in [0.4, 0.5) is 0 Å². The average Bonchev–Trinajstić information content (AvgIpc) is 2.10. The average molecular weight is 189 g/mol. The van der Waals surface area contributed by atoms with E-state index in [0.717, 1.165) is 6.42 Å². The minimum absolute atomic E-state index is 0.172. The third kappa shape index (κ3) is 1.33. The maximum absolute atomic E-state index is 11.1. The van der Waals surface area contributed by atoms with Crippen molar-refractivity contribution < 1.29 is 4.79 Å². The van der Waals surface area contributed by atoms with E-state index in [1.807, 2.05) is 6.92 Å². The van der Waals surface area contributed by atoms with Gasteiger partial charge >= 0.3 is 0 Å². The lowest BCUT2D eigenvalue weighted by Crippen LogP contribution is -2.61. The molecule has 0 radical (unpaired) electrons. The van der Waals surface area contributed by atoms with Crippen LogP contribution in [0.25, 0.3) is 10.4 Å². The van der Waals surface area contributed by atoms with Crippen LogP contribution in [0.1, 0.15) is 13.3 Å². The molecule has 2 unspecified atom stereocenters. The molecule has 0 aromatic heterocycles. The van der Waals surface area contributed by atoms with Gasteiger partial charge in [0.2, 0.25) is 5.91 Å². The zero-order chi connectivity index (χ0) is 9.14. The second-order valence-corrected chi connectivity index (χ2v) is 3.00. The van der Waals surface area contributed by atoms with Crippen LogP contribution in [0, 0.1) is 0 Å². The Morgan fingerprint density at radius 1 is 1.83 bits per heavy atom. The third-order valence-corrected chi connectivity index (χ3v) is 2.21. The lowest BCUT2D eigenvalue weighted by Gasteiger charge is -2.41. The molecule has 0 aromatic carbocycles. The van der Waals surface area contributed by atoms with Crippen molar-refractivity contribution in [2.45, 2.75) is 24.9 Å². The Balaban J connectivity index is 2.56. The van der Waals surface area contributed by atoms with Crippen LogP contribution in [0.15, 0.2) is 5.11 Å². The molecule has 1 saturated heterocycles. The summed E-state index contributed by atoms with van der Waals surface area (Å²) in [5.74, 6) is -0.172. The van der Waals surface area contributed by atoms with E-state index < -0.39 is 11.5 Å². The maximum Gasteiger partial charge on any atom is 0.236 e. The van der Waals surface area contributed by atoms with Crippen LogP contribution in [0.5, 0.6) is 0 Å². The van der Waals surface area contributed by atoms with Crippen molar-refractivity contribution in [2.75, 3.05) is 6.54 Å². The molecule has 0 aromatic rings. The van der Waals surface area contributed by atoms with Gasteiger partial charge in [0.05, 0.1) is 0 Å². The molecule has 0 N–H and O–H groups in total. The number of azide groups is 1. The molecule has 2 atom stereocenters. The van der Waals surface area contributed by atoms with Crippen molar-refractivity contribution in [3.63, 3.8) is 0 Å². The fraction of sp³-hybridized carbons (Fsp3) is 0.833. The first-order valence-corrected chi connectivity index (χ1v) is 4.14. The highest BCUT2D eigenvalue weighted by Crippen LogP contribution is 2.26. The Hall–Kier alpha value is -0.930. The Morgan fingerprint density at radius 2 is 2.50 bits per heavy atom. The quantitative estimate of drug-likeness (QED) is 0.165. The molecule has 1 aliphatic rings. The van der Waals surface area contributed by atoms with Gasteiger partial charge in [0.15, 0.2) is 6.04 Å². The first kappa shape index (κ1) is 9.16. The number of carbonyl (C=O) groups excluding carboxylic acids is 1. The third-order valence-electron chi connectivity index (χ3n) is 1.73. The molecular formula is C6H9ClN4O. The molecule has 1 fully saturated rings. The number of hydrogen-bond acceptors (Lipinski definition) is 2. The summed E-state index contributed by atoms with van der Waals surface area (Å²) in [5.41, 5.74) is 7.63. The number of hydrogen-bond donors (Lipinski definition) is 0. The highest BCUT2D eigenvalue weighted by Gasteiger charge is 2.44. The number of likely N-dealkylation sites (tertiary alicyclic amines) is 1. The van der Waals surface area contributed by atoms with Crippen molar-refractivity contribution >= 4 is 17.5 Å². The zero-order valence-corrected chi connectivity index (χ0v) is 7.40. The number of halogens is 1. The Bertz CT molecular complexity index is 238. The largest absolute Gasteiger partial charge is 0.325 e. The molecule has 0 saturated carbocycles. The van der Waals surface area contributed by atoms with E-state index >= 15 is 0 Å². The van der Waals surface area contributed by atoms with Gasteiger partial charge in [-0.15, -0.1) is 0 Å². The molecule has 0 bridgehead atoms. The second kappa shape index (κ2) is 3.65. The lowest BCUT2D eigenvalue weighted by molar-refractivity contribution is -0.144. The highest BCUT2D eigenvalue weighted by molar-refractivity contribution is 6.26. The van der Waals surface area contributed by atoms with Crippen LogP contribution in [0.2, 0.25) is 0 Å². The van der Waals surface area contributed by atoms with Crippen molar-refractivity contribution in [1.82, 2.24) is 4.90 Å². The summed E-state index contributed by atoms with van der Waals surface area (Å²) >= 11 is 5.77. The van der Waals surface area contributed by atoms with E-state index in [-0.39, 0.29) is 5.91 Å². The number of rotatable bonds is 3. The Morgan fingerprint density at radius 3 is 2.92 bits per heavy atom. The molecule has 6 heteroatoms. The van der Waals surface area contributed by atoms with Crippen molar-refractivity contribution in [2.24, 2.45) is 5.11 Å². The van der Waals surface area contributed by atoms with E-state index in [9.17, 15) is 4.79 Å². The van der Waals surface area contributed by atoms with Crippen molar-refractivity contribution in [3.8, 4) is 0 Å². The molecule has 5 nitrogen and oxygen atoms in total. The molecular weight excluding hydrogens is 180 g/mol. The predicted octanol–water partition coefficient (Wildman–Crippen LogP) is 1.48. The Kier molecular flexibility index (Phi) is 2.78. The SMILES string of the molecule is CCCN1C(=O)C(N=[N+]=[N-])C1Cl. The van der Waals surface area contributed by atoms with Crippen molar-refractivity contribution in [1.29, 1.82) is 0 Å². The monoisotopic (exact) mass is 188 g/mol. The van der Waals surface area contributed by atoms with Crippen molar-refractivity contribution in [3.05, 3.63) is 10.4 Å². The molecule has 0 aliphatic carbocycles. The molecule has 1 rings (SSSR count). The van der Waals surface area contributed by atoms with Crippen LogP contribution >= 0.6 is 11.6 Å². The topological polar surface area (TPSA) is 69.1 Å². The minimum atomic E-state index is -0.691. The zero-order valence-electron chi connectivity index (χ0n) is 6.64. The fourth-order valence-corrected chi connectivity index (χ4v) is 1.48. The van der Waals surface area contributed by atoms with E-state index in [0.29, 0.717) is 6.54 Å². The van der Waals surface area contributed by atoms with Gasteiger partial charge in [-0.25, -0.2) is 0 Å². The summed E-state index contributed by atoms with van der Waals surface area (Å²) in [6.07, 6.45) is 0.859. The van der Waals surface area contributed by atoms with Crippen LogP contribution in [0.3, 0.4) is 0 Å². The van der Waals surface area contributed by atoms with Gasteiger partial charge in [0, 0.05) is 11.5 Å². The number of amides is 1. The van der Waals surface area contributed by atoms with Gasteiger partial charge in [-0.1, -0.05) is 23.6 Å². The van der Waals surface area contributed by atoms with Gasteiger partial charge in [-0.2, -0.15) is 0 Å². The second-order valence-electron chi connectivity index (χ2n) is 2.55. The predicted molar refractivity (Wildman–Crippen MR) is 44.6 cm³/mol. The molecule has 0 spiro atoms. The normalized spacial score (nSPS) is 27.8. The highest BCUT2D eigenvalue weighted by atomic mass is 35.5. The van der Waals surface area contributed by atoms with E-state index in [1.54, 1.807) is 0 Å². The summed E-state index contributed by atoms with van der Waals surface area (Å²) in [4.78, 5) is 15.2. The van der Waals surface area contributed by atoms with E-state index in [4.69, 9.17) is 17.1 Å². The molecule has 1 heterocycles. The van der Waals surface area contributed by atoms with Gasteiger partial charge in [-0.05, 0) is 12.0 Å². The number of nitrogens with zero attached hydrogens (tertiary/aromatic N) is 4. The molecule has 1 amide bonds. The van der Waals surface area contributed by atoms with Gasteiger partial charge < -0.3 is 4.90 Å². The molecule has 12 heavy (non-hydrogen) atoms. The molecule has 1 aliphatic heterocycles. The molecule has 66 valence electrons. The van der Waals surface area contributed by atoms with Crippen LogP contribution < -0.4 is 0 Å². The smallest absolute Gasteiger partial charge is 0.236 e. The number of alkyl halides is 1. The van der Waals surface area contributed by atoms with Crippen LogP contribution in [-0.4, -0.2) is 28.9 Å². The summed E-state index contributed by atoms with van der Waals surface area (Å²) < 4.78 is 0. The maximum atomic E-state index is 11.1. The van der Waals surface area contributed by atoms with Gasteiger partial charge in [-0.3, -0.25) is 4.79 Å². The fourth-order valence-electron chi connectivity index (χ4n) is 1.13. The minimum Gasteiger partial charge on any atom is -0.325 e. The van der Waals surface area contributed by atoms with E-state index in [2.05, 4.69) is 10.0 Å². The summed E-state index contributed by atoms with van der Waals surface area (Å²) in [7, 11) is 0. The van der Waals surface area contributed by atoms with Gasteiger partial charge in [0.1, 0.15) is 5.50 Å². The summed E-state index contributed by atoms with van der Waals surface area (Å²) in [6.45, 7) is 2.59. The number of β-lactam (4-membered cyclic amide) rings is 1. The van der Waals surface area contributed by atoms with Gasteiger partial charge in [0.25, 0.3) is 0 Å². The Labute approximate surface area is 74.9 Å². The first-order chi connectivity index (χ1) is 5.72. The van der Waals surface area contributed by atoms with E-state index in [1.165, 1.54) is 4.90 Å². The van der Waals surface area contributed by atoms with Crippen LogP contribution in [-0.2, 0) is 4.79 Å².